The summed E-state index contributed by atoms with van der Waals surface area (Å²) in [6.45, 7) is 2.13. The number of thioether (sulfide) groups is 1. The van der Waals surface area contributed by atoms with E-state index < -0.39 is 0 Å². The van der Waals surface area contributed by atoms with Crippen molar-refractivity contribution in [3.8, 4) is 0 Å². The number of rotatable bonds is 6. The molecule has 1 unspecified atom stereocenters. The smallest absolute Gasteiger partial charge is 0.0938 e. The molecule has 0 aromatic heterocycles. The fourth-order valence-corrected chi connectivity index (χ4v) is 3.40. The highest BCUT2D eigenvalue weighted by atomic mass is 35.5. The Kier molecular flexibility index (Phi) is 6.70. The fourth-order valence-electron chi connectivity index (χ4n) is 2.49. The monoisotopic (exact) mass is 377 g/mol. The molecule has 3 rings (SSSR count). The zero-order valence-corrected chi connectivity index (χ0v) is 16.1. The molecule has 0 bridgehead atoms. The molecule has 0 saturated carbocycles. The third-order valence-corrected chi connectivity index (χ3v) is 5.20. The largest absolute Gasteiger partial charge is 0.280 e. The Balaban J connectivity index is 1.80. The fraction of sp³-hybridized carbons (Fsp3) is 0.0870. The van der Waals surface area contributed by atoms with E-state index in [1.54, 1.807) is 11.8 Å². The van der Waals surface area contributed by atoms with Gasteiger partial charge in [0.2, 0.25) is 0 Å². The van der Waals surface area contributed by atoms with Gasteiger partial charge in [0.25, 0.3) is 0 Å². The number of aliphatic imine (C=N–C) groups is 1. The van der Waals surface area contributed by atoms with E-state index in [0.29, 0.717) is 0 Å². The van der Waals surface area contributed by atoms with Crippen LogP contribution in [0, 0.1) is 6.92 Å². The first-order chi connectivity index (χ1) is 12.7. The van der Waals surface area contributed by atoms with Crippen LogP contribution in [0.15, 0.2) is 100 Å². The zero-order valence-electron chi connectivity index (χ0n) is 14.5. The minimum Gasteiger partial charge on any atom is -0.280 e. The Hall–Kier alpha value is -2.29. The van der Waals surface area contributed by atoms with Crippen molar-refractivity contribution >= 4 is 29.6 Å². The van der Waals surface area contributed by atoms with Crippen LogP contribution in [-0.4, -0.2) is 6.21 Å². The summed E-state index contributed by atoms with van der Waals surface area (Å²) in [5.41, 5.74) is 3.48. The molecular weight excluding hydrogens is 358 g/mol. The van der Waals surface area contributed by atoms with Crippen LogP contribution in [0.5, 0.6) is 0 Å². The lowest BCUT2D eigenvalue weighted by Gasteiger charge is -2.09. The summed E-state index contributed by atoms with van der Waals surface area (Å²) in [4.78, 5) is 6.03. The molecule has 1 nitrogen and oxygen atoms in total. The lowest BCUT2D eigenvalue weighted by Crippen LogP contribution is -1.93. The molecular formula is C23H20ClNS. The maximum Gasteiger partial charge on any atom is 0.0938 e. The summed E-state index contributed by atoms with van der Waals surface area (Å²) < 4.78 is 0. The van der Waals surface area contributed by atoms with Crippen LogP contribution in [0.3, 0.4) is 0 Å². The second-order valence-electron chi connectivity index (χ2n) is 5.90. The second kappa shape index (κ2) is 9.42. The summed E-state index contributed by atoms with van der Waals surface area (Å²) in [5, 5.41) is 2.85. The van der Waals surface area contributed by atoms with Gasteiger partial charge in [-0.3, -0.25) is 4.99 Å². The van der Waals surface area contributed by atoms with Gasteiger partial charge in [-0.2, -0.15) is 0 Å². The standard InChI is InChI=1S/C23H20ClNS/c1-18-7-5-6-10-23(18)26-16-15-22(20-11-13-21(24)14-12-20)25-17-19-8-3-2-4-9-19/h2-17,22H,1H3/b16-15+,25-17?. The zero-order chi connectivity index (χ0) is 18.2. The Labute approximate surface area is 164 Å². The van der Waals surface area contributed by atoms with Gasteiger partial charge in [0, 0.05) is 16.1 Å². The van der Waals surface area contributed by atoms with Gasteiger partial charge in [0.05, 0.1) is 6.04 Å². The van der Waals surface area contributed by atoms with Gasteiger partial charge in [-0.15, -0.1) is 0 Å². The quantitative estimate of drug-likeness (QED) is 0.329. The summed E-state index contributed by atoms with van der Waals surface area (Å²) in [6.07, 6.45) is 4.04. The molecule has 130 valence electrons. The Bertz CT molecular complexity index is 886. The predicted octanol–water partition coefficient (Wildman–Crippen LogP) is 7.11. The van der Waals surface area contributed by atoms with Crippen molar-refractivity contribution in [1.82, 2.24) is 0 Å². The van der Waals surface area contributed by atoms with E-state index in [9.17, 15) is 0 Å². The van der Waals surface area contributed by atoms with Crippen molar-refractivity contribution in [3.63, 3.8) is 0 Å². The number of hydrogen-bond donors (Lipinski definition) is 0. The van der Waals surface area contributed by atoms with Crippen LogP contribution in [0.1, 0.15) is 22.7 Å². The highest BCUT2D eigenvalue weighted by molar-refractivity contribution is 8.02. The van der Waals surface area contributed by atoms with Crippen molar-refractivity contribution < 1.29 is 0 Å². The van der Waals surface area contributed by atoms with Crippen molar-refractivity contribution in [2.75, 3.05) is 0 Å². The first-order valence-corrected chi connectivity index (χ1v) is 9.71. The van der Waals surface area contributed by atoms with Crippen molar-refractivity contribution in [1.29, 1.82) is 0 Å². The van der Waals surface area contributed by atoms with Gasteiger partial charge < -0.3 is 0 Å². The highest BCUT2D eigenvalue weighted by Gasteiger charge is 2.06. The van der Waals surface area contributed by atoms with E-state index >= 15 is 0 Å². The van der Waals surface area contributed by atoms with Gasteiger partial charge >= 0.3 is 0 Å². The second-order valence-corrected chi connectivity index (χ2v) is 7.28. The van der Waals surface area contributed by atoms with Crippen LogP contribution >= 0.6 is 23.4 Å². The normalized spacial score (nSPS) is 12.7. The van der Waals surface area contributed by atoms with Crippen LogP contribution in [0.4, 0.5) is 0 Å². The number of nitrogens with zero attached hydrogens (tertiary/aromatic N) is 1. The van der Waals surface area contributed by atoms with E-state index in [2.05, 4.69) is 42.7 Å². The minimum absolute atomic E-state index is 0.0519. The van der Waals surface area contributed by atoms with Crippen molar-refractivity contribution in [2.24, 2.45) is 4.99 Å². The van der Waals surface area contributed by atoms with Crippen molar-refractivity contribution in [2.45, 2.75) is 17.9 Å². The van der Waals surface area contributed by atoms with Crippen LogP contribution in [0.25, 0.3) is 0 Å². The van der Waals surface area contributed by atoms with E-state index in [0.717, 1.165) is 16.1 Å². The molecule has 0 N–H and O–H groups in total. The molecule has 0 radical (unpaired) electrons. The average Bonchev–Trinajstić information content (AvgIpc) is 2.67. The molecule has 0 heterocycles. The molecule has 0 aliphatic heterocycles. The third-order valence-electron chi connectivity index (χ3n) is 3.94. The third kappa shape index (κ3) is 5.35. The van der Waals surface area contributed by atoms with E-state index in [1.807, 2.05) is 60.8 Å². The minimum atomic E-state index is -0.0519. The molecule has 3 aromatic carbocycles. The summed E-state index contributed by atoms with van der Waals surface area (Å²) in [6, 6.07) is 26.3. The van der Waals surface area contributed by atoms with Crippen LogP contribution in [-0.2, 0) is 0 Å². The summed E-state index contributed by atoms with van der Waals surface area (Å²) in [7, 11) is 0. The van der Waals surface area contributed by atoms with E-state index in [-0.39, 0.29) is 6.04 Å². The lowest BCUT2D eigenvalue weighted by molar-refractivity contribution is 0.920. The van der Waals surface area contributed by atoms with E-state index in [4.69, 9.17) is 16.6 Å². The highest BCUT2D eigenvalue weighted by Crippen LogP contribution is 2.27. The molecule has 0 spiro atoms. The molecule has 0 aliphatic carbocycles. The molecule has 0 fully saturated rings. The molecule has 26 heavy (non-hydrogen) atoms. The lowest BCUT2D eigenvalue weighted by atomic mass is 10.1. The van der Waals surface area contributed by atoms with Crippen LogP contribution in [0.2, 0.25) is 5.02 Å². The van der Waals surface area contributed by atoms with Gasteiger partial charge in [-0.25, -0.2) is 0 Å². The summed E-state index contributed by atoms with van der Waals surface area (Å²) >= 11 is 7.74. The van der Waals surface area contributed by atoms with Gasteiger partial charge in [0.15, 0.2) is 0 Å². The molecule has 1 atom stereocenters. The van der Waals surface area contributed by atoms with Crippen molar-refractivity contribution in [3.05, 3.63) is 112 Å². The Morgan fingerprint density at radius 3 is 2.31 bits per heavy atom. The van der Waals surface area contributed by atoms with Gasteiger partial charge in [-0.1, -0.05) is 84.0 Å². The molecule has 0 amide bonds. The number of hydrogen-bond acceptors (Lipinski definition) is 2. The number of benzene rings is 3. The van der Waals surface area contributed by atoms with Gasteiger partial charge in [-0.05, 0) is 53.3 Å². The molecule has 3 heteroatoms. The maximum absolute atomic E-state index is 6.03. The number of halogens is 1. The topological polar surface area (TPSA) is 12.4 Å². The van der Waals surface area contributed by atoms with E-state index in [1.165, 1.54) is 10.5 Å². The first-order valence-electron chi connectivity index (χ1n) is 8.45. The Morgan fingerprint density at radius 1 is 0.885 bits per heavy atom. The molecule has 0 aliphatic rings. The number of aryl methyl sites for hydroxylation is 1. The molecule has 0 saturated heterocycles. The maximum atomic E-state index is 6.03. The SMILES string of the molecule is Cc1ccccc1S/C=C/C(N=Cc1ccccc1)c1ccc(Cl)cc1. The summed E-state index contributed by atoms with van der Waals surface area (Å²) in [5.74, 6) is 0. The molecule has 3 aromatic rings. The van der Waals surface area contributed by atoms with Crippen LogP contribution < -0.4 is 0 Å². The predicted molar refractivity (Wildman–Crippen MR) is 114 cm³/mol. The van der Waals surface area contributed by atoms with Gasteiger partial charge in [0.1, 0.15) is 0 Å². The average molecular weight is 378 g/mol. The Morgan fingerprint density at radius 2 is 1.58 bits per heavy atom. The first kappa shape index (κ1) is 18.5.